The molecule has 2 aromatic carbocycles. The van der Waals surface area contributed by atoms with Crippen molar-refractivity contribution in [3.05, 3.63) is 58.3 Å². The van der Waals surface area contributed by atoms with Crippen molar-refractivity contribution in [2.24, 2.45) is 0 Å². The molecule has 0 unspecified atom stereocenters. The van der Waals surface area contributed by atoms with E-state index in [0.29, 0.717) is 22.9 Å². The van der Waals surface area contributed by atoms with Gasteiger partial charge in [0.05, 0.1) is 0 Å². The van der Waals surface area contributed by atoms with Crippen LogP contribution in [0.15, 0.2) is 47.3 Å². The van der Waals surface area contributed by atoms with Crippen LogP contribution >= 0.6 is 23.1 Å². The number of hydrogen-bond acceptors (Lipinski definition) is 5. The number of carbonyl (C=O) groups excluding carboxylic acids is 1. The molecule has 1 saturated heterocycles. The summed E-state index contributed by atoms with van der Waals surface area (Å²) in [6.07, 6.45) is 0. The molecule has 134 valence electrons. The van der Waals surface area contributed by atoms with Crippen molar-refractivity contribution < 1.29 is 4.79 Å². The number of hydrogen-bond donors (Lipinski definition) is 1. The quantitative estimate of drug-likeness (QED) is 0.702. The summed E-state index contributed by atoms with van der Waals surface area (Å²) < 4.78 is 1.89. The molecule has 0 aliphatic carbocycles. The second-order valence-corrected chi connectivity index (χ2v) is 8.66. The van der Waals surface area contributed by atoms with Crippen LogP contribution in [0.4, 0.5) is 0 Å². The standard InChI is InChI=1S/C20H20N2O2S2/c23-19-15-3-1-2-4-17(15)26-18-6-5-14(13-16(18)19)20(24)21-7-8-22-9-11-25-12-10-22/h1-6,13H,7-12H2,(H,21,24). The largest absolute Gasteiger partial charge is 0.351 e. The SMILES string of the molecule is O=C(NCCN1CCSCC1)c1ccc2sc3ccccc3c(=O)c2c1. The molecule has 1 amide bonds. The highest BCUT2D eigenvalue weighted by atomic mass is 32.2. The van der Waals surface area contributed by atoms with Gasteiger partial charge in [-0.25, -0.2) is 0 Å². The number of rotatable bonds is 4. The third-order valence-electron chi connectivity index (χ3n) is 4.66. The molecule has 0 radical (unpaired) electrons. The van der Waals surface area contributed by atoms with E-state index in [1.165, 1.54) is 11.5 Å². The monoisotopic (exact) mass is 384 g/mol. The van der Waals surface area contributed by atoms with E-state index in [9.17, 15) is 9.59 Å². The minimum absolute atomic E-state index is 0.00480. The van der Waals surface area contributed by atoms with Crippen LogP contribution in [-0.4, -0.2) is 48.5 Å². The predicted octanol–water partition coefficient (Wildman–Crippen LogP) is 3.19. The Hall–Kier alpha value is -1.89. The zero-order valence-corrected chi connectivity index (χ0v) is 16.0. The Balaban J connectivity index is 1.52. The number of thioether (sulfide) groups is 1. The van der Waals surface area contributed by atoms with Crippen LogP contribution in [0.3, 0.4) is 0 Å². The number of benzene rings is 2. The maximum Gasteiger partial charge on any atom is 0.251 e. The Bertz CT molecular complexity index is 1010. The molecule has 1 aliphatic heterocycles. The van der Waals surface area contributed by atoms with Crippen LogP contribution in [0.2, 0.25) is 0 Å². The molecule has 26 heavy (non-hydrogen) atoms. The third kappa shape index (κ3) is 3.63. The normalized spacial score (nSPS) is 15.4. The molecule has 0 saturated carbocycles. The number of amides is 1. The third-order valence-corrected chi connectivity index (χ3v) is 6.75. The lowest BCUT2D eigenvalue weighted by molar-refractivity contribution is 0.0949. The maximum atomic E-state index is 12.7. The number of nitrogens with one attached hydrogen (secondary N) is 1. The van der Waals surface area contributed by atoms with Crippen molar-refractivity contribution in [3.8, 4) is 0 Å². The van der Waals surface area contributed by atoms with Crippen LogP contribution in [0, 0.1) is 0 Å². The zero-order valence-electron chi connectivity index (χ0n) is 14.4. The summed E-state index contributed by atoms with van der Waals surface area (Å²) in [6.45, 7) is 3.68. The van der Waals surface area contributed by atoms with E-state index >= 15 is 0 Å². The number of carbonyl (C=O) groups is 1. The second kappa shape index (κ2) is 7.78. The van der Waals surface area contributed by atoms with Crippen LogP contribution in [0.1, 0.15) is 10.4 Å². The molecule has 1 N–H and O–H groups in total. The van der Waals surface area contributed by atoms with E-state index in [2.05, 4.69) is 10.2 Å². The van der Waals surface area contributed by atoms with Gasteiger partial charge in [0.2, 0.25) is 0 Å². The van der Waals surface area contributed by atoms with Crippen molar-refractivity contribution in [2.45, 2.75) is 0 Å². The van der Waals surface area contributed by atoms with Gasteiger partial charge in [0.15, 0.2) is 5.43 Å². The first-order chi connectivity index (χ1) is 12.7. The average molecular weight is 385 g/mol. The summed E-state index contributed by atoms with van der Waals surface area (Å²) in [6, 6.07) is 13.0. The van der Waals surface area contributed by atoms with Gasteiger partial charge in [-0.15, -0.1) is 11.3 Å². The van der Waals surface area contributed by atoms with Gasteiger partial charge >= 0.3 is 0 Å². The van der Waals surface area contributed by atoms with E-state index in [0.717, 1.165) is 29.0 Å². The summed E-state index contributed by atoms with van der Waals surface area (Å²) >= 11 is 3.56. The molecule has 1 aromatic heterocycles. The average Bonchev–Trinajstić information content (AvgIpc) is 2.69. The highest BCUT2D eigenvalue weighted by molar-refractivity contribution is 7.99. The van der Waals surface area contributed by atoms with Crippen molar-refractivity contribution in [2.75, 3.05) is 37.7 Å². The van der Waals surface area contributed by atoms with Crippen molar-refractivity contribution in [1.82, 2.24) is 10.2 Å². The van der Waals surface area contributed by atoms with E-state index in [4.69, 9.17) is 0 Å². The van der Waals surface area contributed by atoms with E-state index < -0.39 is 0 Å². The molecule has 0 bridgehead atoms. The van der Waals surface area contributed by atoms with Crippen LogP contribution < -0.4 is 10.7 Å². The van der Waals surface area contributed by atoms with Gasteiger partial charge in [0.1, 0.15) is 0 Å². The summed E-state index contributed by atoms with van der Waals surface area (Å²) in [5.41, 5.74) is 0.543. The molecule has 1 fully saturated rings. The van der Waals surface area contributed by atoms with Crippen LogP contribution in [0.5, 0.6) is 0 Å². The first-order valence-electron chi connectivity index (χ1n) is 8.76. The zero-order chi connectivity index (χ0) is 17.9. The highest BCUT2D eigenvalue weighted by Gasteiger charge is 2.12. The Kier molecular flexibility index (Phi) is 5.24. The lowest BCUT2D eigenvalue weighted by Crippen LogP contribution is -2.39. The minimum atomic E-state index is -0.115. The summed E-state index contributed by atoms with van der Waals surface area (Å²) in [4.78, 5) is 27.6. The maximum absolute atomic E-state index is 12.7. The Morgan fingerprint density at radius 3 is 2.65 bits per heavy atom. The molecular weight excluding hydrogens is 364 g/mol. The lowest BCUT2D eigenvalue weighted by Gasteiger charge is -2.25. The van der Waals surface area contributed by atoms with Gasteiger partial charge in [-0.3, -0.25) is 14.5 Å². The van der Waals surface area contributed by atoms with Gasteiger partial charge in [0.25, 0.3) is 5.91 Å². The van der Waals surface area contributed by atoms with Gasteiger partial charge in [-0.05, 0) is 30.3 Å². The molecular formula is C20H20N2O2S2. The molecule has 2 heterocycles. The Morgan fingerprint density at radius 1 is 1.04 bits per heavy atom. The molecule has 4 nitrogen and oxygen atoms in total. The van der Waals surface area contributed by atoms with E-state index in [-0.39, 0.29) is 11.3 Å². The van der Waals surface area contributed by atoms with E-state index in [1.54, 1.807) is 23.5 Å². The Labute approximate surface area is 160 Å². The highest BCUT2D eigenvalue weighted by Crippen LogP contribution is 2.25. The Morgan fingerprint density at radius 2 is 1.81 bits per heavy atom. The summed E-state index contributed by atoms with van der Waals surface area (Å²) in [5.74, 6) is 2.22. The van der Waals surface area contributed by atoms with Gasteiger partial charge in [0, 0.05) is 63.4 Å². The molecule has 3 aromatic rings. The number of fused-ring (bicyclic) bond motifs is 2. The molecule has 0 spiro atoms. The topological polar surface area (TPSA) is 49.4 Å². The fourth-order valence-electron chi connectivity index (χ4n) is 3.20. The van der Waals surface area contributed by atoms with Gasteiger partial charge < -0.3 is 5.32 Å². The first-order valence-corrected chi connectivity index (χ1v) is 10.7. The molecule has 0 atom stereocenters. The van der Waals surface area contributed by atoms with Gasteiger partial charge in [-0.2, -0.15) is 11.8 Å². The van der Waals surface area contributed by atoms with Crippen LogP contribution in [0.25, 0.3) is 20.2 Å². The smallest absolute Gasteiger partial charge is 0.251 e. The molecule has 6 heteroatoms. The molecule has 1 aliphatic rings. The minimum Gasteiger partial charge on any atom is -0.351 e. The van der Waals surface area contributed by atoms with Crippen molar-refractivity contribution in [1.29, 1.82) is 0 Å². The second-order valence-electron chi connectivity index (χ2n) is 6.35. The van der Waals surface area contributed by atoms with E-state index in [1.807, 2.05) is 42.1 Å². The first kappa shape index (κ1) is 17.5. The fraction of sp³-hybridized carbons (Fsp3) is 0.300. The van der Waals surface area contributed by atoms with Gasteiger partial charge in [-0.1, -0.05) is 12.1 Å². The number of nitrogens with zero attached hydrogens (tertiary/aromatic N) is 1. The van der Waals surface area contributed by atoms with Crippen molar-refractivity contribution in [3.63, 3.8) is 0 Å². The summed E-state index contributed by atoms with van der Waals surface area (Å²) in [5, 5.41) is 4.31. The summed E-state index contributed by atoms with van der Waals surface area (Å²) in [7, 11) is 0. The van der Waals surface area contributed by atoms with Crippen LogP contribution in [-0.2, 0) is 0 Å². The predicted molar refractivity (Wildman–Crippen MR) is 112 cm³/mol. The van der Waals surface area contributed by atoms with Crippen molar-refractivity contribution >= 4 is 49.2 Å². The lowest BCUT2D eigenvalue weighted by atomic mass is 10.1. The fourth-order valence-corrected chi connectivity index (χ4v) is 5.23. The molecule has 4 rings (SSSR count).